The molecule has 1 N–H and O–H groups in total. The number of carbonyl (C=O) groups excluding carboxylic acids is 1. The van der Waals surface area contributed by atoms with Gasteiger partial charge in [0, 0.05) is 23.6 Å². The van der Waals surface area contributed by atoms with Crippen LogP contribution in [-0.2, 0) is 4.79 Å². The Morgan fingerprint density at radius 3 is 2.81 bits per heavy atom. The van der Waals surface area contributed by atoms with Gasteiger partial charge in [0.25, 0.3) is 0 Å². The lowest BCUT2D eigenvalue weighted by atomic mass is 10.1. The van der Waals surface area contributed by atoms with Crippen molar-refractivity contribution in [1.29, 1.82) is 0 Å². The van der Waals surface area contributed by atoms with Crippen LogP contribution in [0.15, 0.2) is 60.7 Å². The zero-order valence-electron chi connectivity index (χ0n) is 14.2. The first-order valence-electron chi connectivity index (χ1n) is 8.60. The summed E-state index contributed by atoms with van der Waals surface area (Å²) in [5.41, 5.74) is 0.703. The second-order valence-corrected chi connectivity index (χ2v) is 6.05. The Morgan fingerprint density at radius 1 is 1.00 bits per heavy atom. The van der Waals surface area contributed by atoms with Gasteiger partial charge in [0.15, 0.2) is 11.5 Å². The molecule has 5 nitrogen and oxygen atoms in total. The number of nitrogens with one attached hydrogen (secondary N) is 1. The summed E-state index contributed by atoms with van der Waals surface area (Å²) in [5.74, 6) is 2.15. The van der Waals surface area contributed by atoms with Crippen LogP contribution >= 0.6 is 0 Å². The molecule has 0 unspecified atom stereocenters. The van der Waals surface area contributed by atoms with Crippen LogP contribution in [-0.4, -0.2) is 19.3 Å². The van der Waals surface area contributed by atoms with Gasteiger partial charge in [-0.2, -0.15) is 0 Å². The highest BCUT2D eigenvalue weighted by Gasteiger charge is 2.14. The number of hydrogen-bond donors (Lipinski definition) is 1. The lowest BCUT2D eigenvalue weighted by molar-refractivity contribution is -0.116. The van der Waals surface area contributed by atoms with Gasteiger partial charge in [-0.05, 0) is 30.0 Å². The molecule has 1 amide bonds. The quantitative estimate of drug-likeness (QED) is 0.672. The molecular formula is C21H19NO4. The lowest BCUT2D eigenvalue weighted by Gasteiger charge is -2.10. The van der Waals surface area contributed by atoms with Gasteiger partial charge >= 0.3 is 0 Å². The van der Waals surface area contributed by atoms with Crippen LogP contribution in [0.3, 0.4) is 0 Å². The Balaban J connectivity index is 1.27. The first-order chi connectivity index (χ1) is 12.8. The fourth-order valence-electron chi connectivity index (χ4n) is 2.93. The highest BCUT2D eigenvalue weighted by atomic mass is 16.7. The zero-order valence-corrected chi connectivity index (χ0v) is 14.2. The first-order valence-corrected chi connectivity index (χ1v) is 8.60. The third kappa shape index (κ3) is 3.57. The van der Waals surface area contributed by atoms with E-state index < -0.39 is 0 Å². The summed E-state index contributed by atoms with van der Waals surface area (Å²) in [5, 5.41) is 5.10. The average Bonchev–Trinajstić information content (AvgIpc) is 3.13. The molecule has 3 aromatic rings. The molecule has 1 aliphatic heterocycles. The maximum absolute atomic E-state index is 12.1. The molecule has 26 heavy (non-hydrogen) atoms. The van der Waals surface area contributed by atoms with E-state index in [-0.39, 0.29) is 12.7 Å². The molecule has 1 heterocycles. The van der Waals surface area contributed by atoms with Crippen molar-refractivity contribution in [3.63, 3.8) is 0 Å². The van der Waals surface area contributed by atoms with E-state index in [1.54, 1.807) is 18.2 Å². The second-order valence-electron chi connectivity index (χ2n) is 6.05. The molecule has 0 saturated carbocycles. The van der Waals surface area contributed by atoms with Crippen LogP contribution in [0.2, 0.25) is 0 Å². The van der Waals surface area contributed by atoms with E-state index in [0.29, 0.717) is 36.6 Å². The number of amides is 1. The molecular weight excluding hydrogens is 330 g/mol. The zero-order chi connectivity index (χ0) is 17.8. The Kier molecular flexibility index (Phi) is 4.60. The van der Waals surface area contributed by atoms with E-state index in [9.17, 15) is 4.79 Å². The third-order valence-corrected chi connectivity index (χ3v) is 4.21. The van der Waals surface area contributed by atoms with Crippen molar-refractivity contribution >= 4 is 22.4 Å². The van der Waals surface area contributed by atoms with Gasteiger partial charge in [-0.1, -0.05) is 36.4 Å². The van der Waals surface area contributed by atoms with E-state index in [0.717, 1.165) is 16.5 Å². The maximum atomic E-state index is 12.1. The maximum Gasteiger partial charge on any atom is 0.231 e. The van der Waals surface area contributed by atoms with Gasteiger partial charge in [0.05, 0.1) is 6.61 Å². The topological polar surface area (TPSA) is 56.8 Å². The minimum atomic E-state index is -0.0506. The molecule has 5 heteroatoms. The van der Waals surface area contributed by atoms with Crippen molar-refractivity contribution in [3.8, 4) is 17.2 Å². The molecule has 0 saturated heterocycles. The third-order valence-electron chi connectivity index (χ3n) is 4.21. The standard InChI is InChI=1S/C21H19NO4/c23-21(22-16-10-11-19-20(13-16)26-14-25-19)9-4-12-24-18-8-3-6-15-5-1-2-7-17(15)18/h1-3,5-8,10-11,13H,4,9,12,14H2,(H,22,23). The molecule has 4 rings (SSSR count). The summed E-state index contributed by atoms with van der Waals surface area (Å²) in [6.45, 7) is 0.709. The van der Waals surface area contributed by atoms with E-state index in [1.165, 1.54) is 0 Å². The minimum Gasteiger partial charge on any atom is -0.493 e. The molecule has 0 aromatic heterocycles. The lowest BCUT2D eigenvalue weighted by Crippen LogP contribution is -2.12. The van der Waals surface area contributed by atoms with Crippen LogP contribution in [0.5, 0.6) is 17.2 Å². The summed E-state index contributed by atoms with van der Waals surface area (Å²) in [6.07, 6.45) is 1.03. The predicted molar refractivity (Wildman–Crippen MR) is 99.9 cm³/mol. The highest BCUT2D eigenvalue weighted by molar-refractivity contribution is 5.91. The second kappa shape index (κ2) is 7.35. The molecule has 0 aliphatic carbocycles. The molecule has 3 aromatic carbocycles. The number of rotatable bonds is 6. The number of fused-ring (bicyclic) bond motifs is 2. The van der Waals surface area contributed by atoms with Crippen LogP contribution in [0.25, 0.3) is 10.8 Å². The molecule has 0 atom stereocenters. The van der Waals surface area contributed by atoms with Gasteiger partial charge < -0.3 is 19.5 Å². The molecule has 0 radical (unpaired) electrons. The molecule has 132 valence electrons. The van der Waals surface area contributed by atoms with Crippen LogP contribution in [0.1, 0.15) is 12.8 Å². The summed E-state index contributed by atoms with van der Waals surface area (Å²) < 4.78 is 16.4. The predicted octanol–water partition coefficient (Wildman–Crippen LogP) is 4.37. The minimum absolute atomic E-state index is 0.0506. The number of ether oxygens (including phenoxy) is 3. The fourth-order valence-corrected chi connectivity index (χ4v) is 2.93. The number of hydrogen-bond acceptors (Lipinski definition) is 4. The first kappa shape index (κ1) is 16.3. The van der Waals surface area contributed by atoms with Crippen LogP contribution < -0.4 is 19.5 Å². The Hall–Kier alpha value is -3.21. The normalized spacial score (nSPS) is 12.2. The van der Waals surface area contributed by atoms with Gasteiger partial charge in [0.1, 0.15) is 5.75 Å². The van der Waals surface area contributed by atoms with Crippen molar-refractivity contribution in [3.05, 3.63) is 60.7 Å². The molecule has 0 fully saturated rings. The van der Waals surface area contributed by atoms with Gasteiger partial charge in [-0.25, -0.2) is 0 Å². The van der Waals surface area contributed by atoms with Crippen LogP contribution in [0, 0.1) is 0 Å². The highest BCUT2D eigenvalue weighted by Crippen LogP contribution is 2.34. The van der Waals surface area contributed by atoms with Crippen molar-refractivity contribution in [2.75, 3.05) is 18.7 Å². The number of anilines is 1. The van der Waals surface area contributed by atoms with Gasteiger partial charge in [0.2, 0.25) is 12.7 Å². The van der Waals surface area contributed by atoms with E-state index >= 15 is 0 Å². The van der Waals surface area contributed by atoms with Crippen LogP contribution in [0.4, 0.5) is 5.69 Å². The van der Waals surface area contributed by atoms with Gasteiger partial charge in [-0.15, -0.1) is 0 Å². The van der Waals surface area contributed by atoms with Crippen molar-refractivity contribution in [2.45, 2.75) is 12.8 Å². The Labute approximate surface area is 151 Å². The van der Waals surface area contributed by atoms with E-state index in [1.807, 2.05) is 30.3 Å². The molecule has 0 spiro atoms. The fraction of sp³-hybridized carbons (Fsp3) is 0.190. The largest absolute Gasteiger partial charge is 0.493 e. The van der Waals surface area contributed by atoms with Crippen molar-refractivity contribution < 1.29 is 19.0 Å². The summed E-state index contributed by atoms with van der Waals surface area (Å²) >= 11 is 0. The molecule has 0 bridgehead atoms. The average molecular weight is 349 g/mol. The Bertz CT molecular complexity index is 933. The van der Waals surface area contributed by atoms with Crippen molar-refractivity contribution in [1.82, 2.24) is 0 Å². The SMILES string of the molecule is O=C(CCCOc1cccc2ccccc12)Nc1ccc2c(c1)OCO2. The molecule has 1 aliphatic rings. The Morgan fingerprint density at radius 2 is 1.85 bits per heavy atom. The summed E-state index contributed by atoms with van der Waals surface area (Å²) in [4.78, 5) is 12.1. The smallest absolute Gasteiger partial charge is 0.231 e. The van der Waals surface area contributed by atoms with E-state index in [4.69, 9.17) is 14.2 Å². The van der Waals surface area contributed by atoms with Gasteiger partial charge in [-0.3, -0.25) is 4.79 Å². The summed E-state index contributed by atoms with van der Waals surface area (Å²) in [7, 11) is 0. The van der Waals surface area contributed by atoms with E-state index in [2.05, 4.69) is 17.4 Å². The summed E-state index contributed by atoms with van der Waals surface area (Å²) in [6, 6.07) is 19.4. The van der Waals surface area contributed by atoms with Crippen molar-refractivity contribution in [2.24, 2.45) is 0 Å². The monoisotopic (exact) mass is 349 g/mol. The number of carbonyl (C=O) groups is 1. The number of benzene rings is 3.